The number of hydrogen-bond acceptors (Lipinski definition) is 4. The molecule has 1 atom stereocenters. The fourth-order valence-electron chi connectivity index (χ4n) is 3.10. The Bertz CT molecular complexity index is 977. The van der Waals surface area contributed by atoms with Crippen LogP contribution in [-0.2, 0) is 27.6 Å². The standard InChI is InChI=1S/C20H24FN5O3/c1-19(2,3)14-10-15(25(5)24-14)22-16(27)11-26-17(28)20(4,23-18(26)29)12-6-8-13(21)9-7-12/h6-10H,11H2,1-5H3,(H,22,27)(H,23,29). The second-order valence-electron chi connectivity index (χ2n) is 8.29. The minimum Gasteiger partial charge on any atom is -0.319 e. The summed E-state index contributed by atoms with van der Waals surface area (Å²) in [6, 6.07) is 6.36. The number of amides is 4. The third-order valence-electron chi connectivity index (χ3n) is 4.91. The molecule has 2 heterocycles. The van der Waals surface area contributed by atoms with Crippen LogP contribution in [0.3, 0.4) is 0 Å². The van der Waals surface area contributed by atoms with Gasteiger partial charge in [-0.15, -0.1) is 0 Å². The summed E-state index contributed by atoms with van der Waals surface area (Å²) >= 11 is 0. The molecule has 1 unspecified atom stereocenters. The van der Waals surface area contributed by atoms with Gasteiger partial charge in [-0.3, -0.25) is 19.2 Å². The van der Waals surface area contributed by atoms with Gasteiger partial charge in [-0.25, -0.2) is 9.18 Å². The molecule has 0 radical (unpaired) electrons. The predicted octanol–water partition coefficient (Wildman–Crippen LogP) is 2.26. The van der Waals surface area contributed by atoms with Gasteiger partial charge < -0.3 is 10.6 Å². The summed E-state index contributed by atoms with van der Waals surface area (Å²) in [6.45, 7) is 7.09. The Morgan fingerprint density at radius 2 is 1.86 bits per heavy atom. The lowest BCUT2D eigenvalue weighted by molar-refractivity contribution is -0.133. The van der Waals surface area contributed by atoms with Crippen molar-refractivity contribution in [3.63, 3.8) is 0 Å². The van der Waals surface area contributed by atoms with Crippen LogP contribution < -0.4 is 10.6 Å². The SMILES string of the molecule is Cn1nc(C(C)(C)C)cc1NC(=O)CN1C(=O)NC(C)(c2ccc(F)cc2)C1=O. The Hall–Kier alpha value is -3.23. The first-order chi connectivity index (χ1) is 13.4. The molecule has 1 aromatic heterocycles. The fraction of sp³-hybridized carbons (Fsp3) is 0.400. The molecule has 1 saturated heterocycles. The van der Waals surface area contributed by atoms with Crippen molar-refractivity contribution >= 4 is 23.7 Å². The van der Waals surface area contributed by atoms with Gasteiger partial charge in [-0.2, -0.15) is 5.10 Å². The van der Waals surface area contributed by atoms with Crippen molar-refractivity contribution in [3.05, 3.63) is 47.4 Å². The van der Waals surface area contributed by atoms with Crippen LogP contribution >= 0.6 is 0 Å². The van der Waals surface area contributed by atoms with E-state index >= 15 is 0 Å². The monoisotopic (exact) mass is 401 g/mol. The lowest BCUT2D eigenvalue weighted by atomic mass is 9.92. The maximum atomic E-state index is 13.2. The number of imide groups is 1. The second-order valence-corrected chi connectivity index (χ2v) is 8.29. The number of hydrogen-bond donors (Lipinski definition) is 2. The molecule has 4 amide bonds. The van der Waals surface area contributed by atoms with Gasteiger partial charge in [0.05, 0.1) is 5.69 Å². The summed E-state index contributed by atoms with van der Waals surface area (Å²) in [6.07, 6.45) is 0. The summed E-state index contributed by atoms with van der Waals surface area (Å²) in [5.74, 6) is -1.09. The molecule has 0 spiro atoms. The number of halogens is 1. The highest BCUT2D eigenvalue weighted by Gasteiger charge is 2.49. The van der Waals surface area contributed by atoms with Crippen molar-refractivity contribution in [2.45, 2.75) is 38.6 Å². The number of nitrogens with one attached hydrogen (secondary N) is 2. The average molecular weight is 401 g/mol. The lowest BCUT2D eigenvalue weighted by Gasteiger charge is -2.22. The van der Waals surface area contributed by atoms with Gasteiger partial charge in [0.15, 0.2) is 0 Å². The van der Waals surface area contributed by atoms with Gasteiger partial charge in [-0.1, -0.05) is 32.9 Å². The molecule has 8 nitrogen and oxygen atoms in total. The molecule has 1 aliphatic rings. The zero-order chi connectivity index (χ0) is 21.6. The summed E-state index contributed by atoms with van der Waals surface area (Å²) in [4.78, 5) is 38.6. The van der Waals surface area contributed by atoms with Crippen molar-refractivity contribution < 1.29 is 18.8 Å². The molecular weight excluding hydrogens is 377 g/mol. The smallest absolute Gasteiger partial charge is 0.319 e. The summed E-state index contributed by atoms with van der Waals surface area (Å²) in [5.41, 5.74) is -0.324. The van der Waals surface area contributed by atoms with Crippen LogP contribution in [0.2, 0.25) is 0 Å². The number of anilines is 1. The van der Waals surface area contributed by atoms with Gasteiger partial charge in [0.2, 0.25) is 5.91 Å². The van der Waals surface area contributed by atoms with Gasteiger partial charge in [0.1, 0.15) is 23.7 Å². The number of aryl methyl sites for hydroxylation is 1. The molecule has 1 fully saturated rings. The maximum absolute atomic E-state index is 13.2. The topological polar surface area (TPSA) is 96.3 Å². The van der Waals surface area contributed by atoms with Crippen molar-refractivity contribution in [3.8, 4) is 0 Å². The highest BCUT2D eigenvalue weighted by atomic mass is 19.1. The van der Waals surface area contributed by atoms with E-state index in [0.717, 1.165) is 10.6 Å². The zero-order valence-electron chi connectivity index (χ0n) is 17.0. The molecule has 1 aliphatic heterocycles. The minimum atomic E-state index is -1.36. The maximum Gasteiger partial charge on any atom is 0.325 e. The molecule has 0 saturated carbocycles. The van der Waals surface area contributed by atoms with Crippen LogP contribution in [0.5, 0.6) is 0 Å². The number of carbonyl (C=O) groups excluding carboxylic acids is 3. The Morgan fingerprint density at radius 3 is 2.41 bits per heavy atom. The van der Waals surface area contributed by atoms with E-state index in [2.05, 4.69) is 15.7 Å². The first kappa shape index (κ1) is 20.5. The van der Waals surface area contributed by atoms with E-state index < -0.39 is 35.7 Å². The van der Waals surface area contributed by atoms with Crippen molar-refractivity contribution in [1.29, 1.82) is 0 Å². The van der Waals surface area contributed by atoms with Crippen LogP contribution in [0, 0.1) is 5.82 Å². The third kappa shape index (κ3) is 3.85. The molecule has 1 aromatic carbocycles. The first-order valence-electron chi connectivity index (χ1n) is 9.16. The number of nitrogens with zero attached hydrogens (tertiary/aromatic N) is 3. The van der Waals surface area contributed by atoms with E-state index in [0.29, 0.717) is 11.4 Å². The number of carbonyl (C=O) groups is 3. The fourth-order valence-corrected chi connectivity index (χ4v) is 3.10. The third-order valence-corrected chi connectivity index (χ3v) is 4.91. The molecule has 154 valence electrons. The molecule has 0 aliphatic carbocycles. The van der Waals surface area contributed by atoms with Crippen LogP contribution in [0.25, 0.3) is 0 Å². The minimum absolute atomic E-state index is 0.192. The van der Waals surface area contributed by atoms with E-state index in [1.165, 1.54) is 35.9 Å². The normalized spacial score (nSPS) is 19.4. The molecule has 3 rings (SSSR count). The van der Waals surface area contributed by atoms with Crippen LogP contribution in [0.4, 0.5) is 15.0 Å². The Morgan fingerprint density at radius 1 is 1.24 bits per heavy atom. The molecule has 29 heavy (non-hydrogen) atoms. The van der Waals surface area contributed by atoms with E-state index in [1.54, 1.807) is 13.1 Å². The van der Waals surface area contributed by atoms with E-state index in [1.807, 2.05) is 20.8 Å². The first-order valence-corrected chi connectivity index (χ1v) is 9.16. The zero-order valence-corrected chi connectivity index (χ0v) is 17.0. The van der Waals surface area contributed by atoms with Crippen molar-refractivity contribution in [1.82, 2.24) is 20.0 Å². The molecule has 0 bridgehead atoms. The van der Waals surface area contributed by atoms with Crippen LogP contribution in [0.1, 0.15) is 39.0 Å². The van der Waals surface area contributed by atoms with Gasteiger partial charge in [0, 0.05) is 18.5 Å². The van der Waals surface area contributed by atoms with Crippen molar-refractivity contribution in [2.75, 3.05) is 11.9 Å². The van der Waals surface area contributed by atoms with E-state index in [4.69, 9.17) is 0 Å². The van der Waals surface area contributed by atoms with Gasteiger partial charge in [-0.05, 0) is 24.6 Å². The van der Waals surface area contributed by atoms with Gasteiger partial charge in [0.25, 0.3) is 5.91 Å². The average Bonchev–Trinajstić information content (AvgIpc) is 3.09. The summed E-state index contributed by atoms with van der Waals surface area (Å²) in [5, 5.41) is 9.65. The molecule has 9 heteroatoms. The number of benzene rings is 1. The predicted molar refractivity (Wildman–Crippen MR) is 105 cm³/mol. The number of urea groups is 1. The highest BCUT2D eigenvalue weighted by molar-refractivity contribution is 6.10. The quantitative estimate of drug-likeness (QED) is 0.768. The van der Waals surface area contributed by atoms with Crippen molar-refractivity contribution in [2.24, 2.45) is 7.05 Å². The number of rotatable bonds is 4. The number of aromatic nitrogens is 2. The largest absolute Gasteiger partial charge is 0.325 e. The highest BCUT2D eigenvalue weighted by Crippen LogP contribution is 2.29. The van der Waals surface area contributed by atoms with E-state index in [-0.39, 0.29) is 5.41 Å². The summed E-state index contributed by atoms with van der Waals surface area (Å²) in [7, 11) is 1.70. The molecule has 2 N–H and O–H groups in total. The lowest BCUT2D eigenvalue weighted by Crippen LogP contribution is -2.42. The second kappa shape index (κ2) is 6.98. The van der Waals surface area contributed by atoms with E-state index in [9.17, 15) is 18.8 Å². The summed E-state index contributed by atoms with van der Waals surface area (Å²) < 4.78 is 14.7. The Kier molecular flexibility index (Phi) is 4.94. The van der Waals surface area contributed by atoms with Crippen LogP contribution in [0.15, 0.2) is 30.3 Å². The Balaban J connectivity index is 1.74. The molecule has 2 aromatic rings. The Labute approximate surface area is 168 Å². The van der Waals surface area contributed by atoms with Gasteiger partial charge >= 0.3 is 6.03 Å². The van der Waals surface area contributed by atoms with Crippen LogP contribution in [-0.4, -0.2) is 39.1 Å². The molecular formula is C20H24FN5O3.